The van der Waals surface area contributed by atoms with Gasteiger partial charge in [-0.15, -0.1) is 0 Å². The topological polar surface area (TPSA) is 40.8 Å². The van der Waals surface area contributed by atoms with Crippen LogP contribution in [0.5, 0.6) is 0 Å². The summed E-state index contributed by atoms with van der Waals surface area (Å²) in [6.07, 6.45) is 15.3. The highest BCUT2D eigenvalue weighted by Gasteiger charge is 2.32. The SMILES string of the molecule is Cc1ccc2c(oc3c(C4CCC(C5CCCCC5)CC4)c(C#N)ccc32)c1-c1cc(CC(C)C)cc[n+]1C. The van der Waals surface area contributed by atoms with Gasteiger partial charge in [0.15, 0.2) is 6.20 Å². The van der Waals surface area contributed by atoms with Gasteiger partial charge >= 0.3 is 0 Å². The summed E-state index contributed by atoms with van der Waals surface area (Å²) in [7, 11) is 2.12. The zero-order chi connectivity index (χ0) is 27.1. The molecule has 2 aromatic heterocycles. The Morgan fingerprint density at radius 3 is 2.31 bits per heavy atom. The molecule has 6 rings (SSSR count). The molecule has 0 saturated heterocycles. The summed E-state index contributed by atoms with van der Waals surface area (Å²) >= 11 is 0. The van der Waals surface area contributed by atoms with E-state index < -0.39 is 0 Å². The summed E-state index contributed by atoms with van der Waals surface area (Å²) in [5.74, 6) is 2.80. The van der Waals surface area contributed by atoms with Crippen molar-refractivity contribution in [2.75, 3.05) is 0 Å². The lowest BCUT2D eigenvalue weighted by atomic mass is 9.69. The number of hydrogen-bond acceptors (Lipinski definition) is 2. The summed E-state index contributed by atoms with van der Waals surface area (Å²) in [6, 6.07) is 15.7. The zero-order valence-electron chi connectivity index (χ0n) is 24.2. The molecule has 0 radical (unpaired) electrons. The maximum Gasteiger partial charge on any atom is 0.216 e. The van der Waals surface area contributed by atoms with Gasteiger partial charge in [0, 0.05) is 28.5 Å². The van der Waals surface area contributed by atoms with Crippen LogP contribution in [0.3, 0.4) is 0 Å². The Morgan fingerprint density at radius 2 is 1.59 bits per heavy atom. The Hall–Kier alpha value is -3.12. The van der Waals surface area contributed by atoms with Crippen molar-refractivity contribution in [3.8, 4) is 17.3 Å². The third kappa shape index (κ3) is 4.88. The van der Waals surface area contributed by atoms with E-state index in [0.29, 0.717) is 11.8 Å². The fourth-order valence-corrected chi connectivity index (χ4v) is 7.79. The Morgan fingerprint density at radius 1 is 0.897 bits per heavy atom. The van der Waals surface area contributed by atoms with Gasteiger partial charge in [0.1, 0.15) is 18.2 Å². The average molecular weight is 520 g/mol. The second-order valence-corrected chi connectivity index (χ2v) is 12.9. The molecule has 0 amide bonds. The number of aryl methyl sites for hydroxylation is 2. The minimum atomic E-state index is 0.402. The van der Waals surface area contributed by atoms with Gasteiger partial charge in [0.25, 0.3) is 0 Å². The largest absolute Gasteiger partial charge is 0.455 e. The summed E-state index contributed by atoms with van der Waals surface area (Å²) < 4.78 is 9.12. The number of benzene rings is 2. The van der Waals surface area contributed by atoms with Gasteiger partial charge in [-0.3, -0.25) is 0 Å². The molecule has 2 saturated carbocycles. The number of pyridine rings is 1. The average Bonchev–Trinajstić information content (AvgIpc) is 3.32. The van der Waals surface area contributed by atoms with E-state index in [-0.39, 0.29) is 0 Å². The van der Waals surface area contributed by atoms with E-state index >= 15 is 0 Å². The van der Waals surface area contributed by atoms with Crippen LogP contribution in [0.1, 0.15) is 99.8 Å². The number of furan rings is 1. The molecule has 3 heteroatoms. The molecular formula is C36H43N2O+. The molecule has 2 aliphatic carbocycles. The third-order valence-electron chi connectivity index (χ3n) is 9.79. The molecule has 4 aromatic rings. The molecule has 0 spiro atoms. The summed E-state index contributed by atoms with van der Waals surface area (Å²) in [4.78, 5) is 0. The molecule has 2 heterocycles. The summed E-state index contributed by atoms with van der Waals surface area (Å²) in [5, 5.41) is 12.5. The lowest BCUT2D eigenvalue weighted by Gasteiger charge is -2.36. The molecule has 0 unspecified atom stereocenters. The van der Waals surface area contributed by atoms with Crippen LogP contribution in [0.2, 0.25) is 0 Å². The highest BCUT2D eigenvalue weighted by atomic mass is 16.3. The normalized spacial score (nSPS) is 20.6. The molecule has 0 atom stereocenters. The van der Waals surface area contributed by atoms with Gasteiger partial charge in [0.2, 0.25) is 5.69 Å². The Balaban J connectivity index is 1.44. The van der Waals surface area contributed by atoms with Crippen LogP contribution in [0, 0.1) is 36.0 Å². The van der Waals surface area contributed by atoms with Crippen LogP contribution in [0.25, 0.3) is 33.2 Å². The number of nitrogens with zero attached hydrogens (tertiary/aromatic N) is 2. The third-order valence-corrected chi connectivity index (χ3v) is 9.79. The lowest BCUT2D eigenvalue weighted by molar-refractivity contribution is -0.660. The van der Waals surface area contributed by atoms with Crippen molar-refractivity contribution in [1.82, 2.24) is 0 Å². The molecule has 2 aromatic carbocycles. The molecule has 39 heavy (non-hydrogen) atoms. The van der Waals surface area contributed by atoms with Gasteiger partial charge in [0.05, 0.1) is 17.2 Å². The second kappa shape index (κ2) is 10.8. The van der Waals surface area contributed by atoms with Crippen molar-refractivity contribution in [3.05, 3.63) is 64.8 Å². The van der Waals surface area contributed by atoms with Gasteiger partial charge in [-0.1, -0.05) is 58.1 Å². The van der Waals surface area contributed by atoms with Crippen LogP contribution < -0.4 is 4.57 Å². The lowest BCUT2D eigenvalue weighted by Crippen LogP contribution is -2.31. The first-order valence-electron chi connectivity index (χ1n) is 15.3. The Bertz CT molecular complexity index is 1540. The molecule has 3 nitrogen and oxygen atoms in total. The molecular weight excluding hydrogens is 476 g/mol. The fraction of sp³-hybridized carbons (Fsp3) is 0.500. The second-order valence-electron chi connectivity index (χ2n) is 12.9. The van der Waals surface area contributed by atoms with Crippen LogP contribution in [-0.2, 0) is 13.5 Å². The fourth-order valence-electron chi connectivity index (χ4n) is 7.79. The first kappa shape index (κ1) is 26.1. The van der Waals surface area contributed by atoms with Crippen molar-refractivity contribution in [3.63, 3.8) is 0 Å². The van der Waals surface area contributed by atoms with E-state index in [2.05, 4.69) is 75.0 Å². The van der Waals surface area contributed by atoms with Gasteiger partial charge in [-0.25, -0.2) is 4.57 Å². The maximum atomic E-state index is 10.2. The number of hydrogen-bond donors (Lipinski definition) is 0. The molecule has 2 fully saturated rings. The van der Waals surface area contributed by atoms with E-state index in [0.717, 1.165) is 51.3 Å². The van der Waals surface area contributed by atoms with Crippen LogP contribution in [0.4, 0.5) is 0 Å². The van der Waals surface area contributed by atoms with Crippen molar-refractivity contribution >= 4 is 21.9 Å². The number of rotatable bonds is 5. The minimum Gasteiger partial charge on any atom is -0.455 e. The van der Waals surface area contributed by atoms with Crippen LogP contribution in [-0.4, -0.2) is 0 Å². The number of nitriles is 1. The molecule has 0 aliphatic heterocycles. The maximum absolute atomic E-state index is 10.2. The van der Waals surface area contributed by atoms with Crippen molar-refractivity contribution < 1.29 is 8.98 Å². The Labute approximate surface area is 233 Å². The van der Waals surface area contributed by atoms with E-state index in [9.17, 15) is 5.26 Å². The van der Waals surface area contributed by atoms with E-state index in [4.69, 9.17) is 4.42 Å². The minimum absolute atomic E-state index is 0.402. The number of aromatic nitrogens is 1. The first-order valence-corrected chi connectivity index (χ1v) is 15.3. The van der Waals surface area contributed by atoms with E-state index in [1.165, 1.54) is 80.2 Å². The van der Waals surface area contributed by atoms with E-state index in [1.807, 2.05) is 6.07 Å². The smallest absolute Gasteiger partial charge is 0.216 e. The van der Waals surface area contributed by atoms with E-state index in [1.54, 1.807) is 0 Å². The number of fused-ring (bicyclic) bond motifs is 3. The first-order chi connectivity index (χ1) is 18.9. The zero-order valence-corrected chi connectivity index (χ0v) is 24.2. The van der Waals surface area contributed by atoms with Gasteiger partial charge in [-0.05, 0) is 86.0 Å². The monoisotopic (exact) mass is 519 g/mol. The molecule has 2 aliphatic rings. The summed E-state index contributed by atoms with van der Waals surface area (Å²) in [5.41, 5.74) is 8.78. The van der Waals surface area contributed by atoms with Crippen molar-refractivity contribution in [1.29, 1.82) is 5.26 Å². The highest BCUT2D eigenvalue weighted by molar-refractivity contribution is 6.11. The molecule has 202 valence electrons. The quantitative estimate of drug-likeness (QED) is 0.246. The van der Waals surface area contributed by atoms with Gasteiger partial charge < -0.3 is 4.42 Å². The predicted molar refractivity (Wildman–Crippen MR) is 160 cm³/mol. The summed E-state index contributed by atoms with van der Waals surface area (Å²) in [6.45, 7) is 6.73. The molecule has 0 bridgehead atoms. The van der Waals surface area contributed by atoms with Gasteiger partial charge in [-0.2, -0.15) is 5.26 Å². The van der Waals surface area contributed by atoms with Crippen LogP contribution >= 0.6 is 0 Å². The Kier molecular flexibility index (Phi) is 7.23. The van der Waals surface area contributed by atoms with Crippen LogP contribution in [0.15, 0.2) is 47.0 Å². The molecule has 0 N–H and O–H groups in total. The van der Waals surface area contributed by atoms with Crippen molar-refractivity contribution in [2.24, 2.45) is 24.8 Å². The standard InChI is InChI=1S/C36H43N2O/c1-23(2)20-25-18-19-38(4)32(21-25)33-24(3)10-16-30-31-17-15-29(22-37)34(36(31)39-35(30)33)28-13-11-27(12-14-28)26-8-6-5-7-9-26/h10,15-19,21,23,26-28H,5-9,11-14,20H2,1-4H3/q+1. The predicted octanol–water partition coefficient (Wildman–Crippen LogP) is 9.31. The van der Waals surface area contributed by atoms with Crippen molar-refractivity contribution in [2.45, 2.75) is 90.9 Å². The highest BCUT2D eigenvalue weighted by Crippen LogP contribution is 2.47.